The van der Waals surface area contributed by atoms with E-state index in [1.807, 2.05) is 20.8 Å². The van der Waals surface area contributed by atoms with E-state index in [0.717, 1.165) is 0 Å². The van der Waals surface area contributed by atoms with E-state index in [1.165, 1.54) is 6.33 Å². The van der Waals surface area contributed by atoms with Gasteiger partial charge in [0.05, 0.1) is 6.54 Å². The highest BCUT2D eigenvalue weighted by Gasteiger charge is 2.24. The van der Waals surface area contributed by atoms with Crippen molar-refractivity contribution < 1.29 is 4.79 Å². The Morgan fingerprint density at radius 1 is 1.59 bits per heavy atom. The Labute approximate surface area is 102 Å². The van der Waals surface area contributed by atoms with Crippen molar-refractivity contribution in [1.82, 2.24) is 20.1 Å². The molecule has 0 saturated carbocycles. The fourth-order valence-electron chi connectivity index (χ4n) is 1.27. The van der Waals surface area contributed by atoms with E-state index >= 15 is 0 Å². The summed E-state index contributed by atoms with van der Waals surface area (Å²) in [5.74, 6) is 0.689. The molecule has 0 spiro atoms. The van der Waals surface area contributed by atoms with Crippen molar-refractivity contribution in [2.45, 2.75) is 39.8 Å². The molecule has 17 heavy (non-hydrogen) atoms. The Balaban J connectivity index is 2.48. The van der Waals surface area contributed by atoms with Crippen LogP contribution in [0.2, 0.25) is 0 Å². The third-order valence-electron chi connectivity index (χ3n) is 2.78. The van der Waals surface area contributed by atoms with Gasteiger partial charge in [0.15, 0.2) is 0 Å². The van der Waals surface area contributed by atoms with Crippen molar-refractivity contribution >= 4 is 5.91 Å². The number of nitrogens with one attached hydrogen (secondary N) is 1. The molecule has 0 fully saturated rings. The number of rotatable bonds is 4. The van der Waals surface area contributed by atoms with Gasteiger partial charge in [0.1, 0.15) is 12.2 Å². The number of aromatic nitrogens is 3. The summed E-state index contributed by atoms with van der Waals surface area (Å²) in [6, 6.07) is -0.146. The quantitative estimate of drug-likeness (QED) is 0.802. The van der Waals surface area contributed by atoms with Crippen LogP contribution in [-0.2, 0) is 11.3 Å². The Morgan fingerprint density at radius 3 is 2.71 bits per heavy atom. The fourth-order valence-corrected chi connectivity index (χ4v) is 1.27. The van der Waals surface area contributed by atoms with E-state index in [2.05, 4.69) is 15.2 Å². The van der Waals surface area contributed by atoms with E-state index in [1.54, 1.807) is 11.9 Å². The van der Waals surface area contributed by atoms with Gasteiger partial charge < -0.3 is 10.6 Å². The van der Waals surface area contributed by atoms with Crippen molar-refractivity contribution in [2.75, 3.05) is 7.05 Å². The second-order valence-electron chi connectivity index (χ2n) is 5.36. The Hall–Kier alpha value is -1.43. The second-order valence-corrected chi connectivity index (χ2v) is 5.36. The van der Waals surface area contributed by atoms with Crippen LogP contribution in [-0.4, -0.2) is 39.1 Å². The molecule has 1 rings (SSSR count). The lowest BCUT2D eigenvalue weighted by molar-refractivity contribution is -0.131. The standard InChI is InChI=1S/C11H21N5O/c1-11(2,3)8(12)5-10(17)16(4)6-9-13-7-14-15-9/h7-8H,5-6,12H2,1-4H3,(H,13,14,15). The van der Waals surface area contributed by atoms with Gasteiger partial charge in [0, 0.05) is 19.5 Å². The molecule has 1 aromatic heterocycles. The fraction of sp³-hybridized carbons (Fsp3) is 0.727. The van der Waals surface area contributed by atoms with Crippen LogP contribution in [0.3, 0.4) is 0 Å². The van der Waals surface area contributed by atoms with E-state index in [4.69, 9.17) is 5.73 Å². The molecule has 0 aliphatic rings. The first kappa shape index (κ1) is 13.6. The largest absolute Gasteiger partial charge is 0.338 e. The van der Waals surface area contributed by atoms with Gasteiger partial charge in [-0.2, -0.15) is 5.10 Å². The van der Waals surface area contributed by atoms with Gasteiger partial charge in [-0.15, -0.1) is 0 Å². The monoisotopic (exact) mass is 239 g/mol. The van der Waals surface area contributed by atoms with Crippen LogP contribution in [0.5, 0.6) is 0 Å². The number of carbonyl (C=O) groups is 1. The Bertz CT molecular complexity index is 354. The number of H-pyrrole nitrogens is 1. The molecule has 0 saturated heterocycles. The lowest BCUT2D eigenvalue weighted by atomic mass is 9.85. The average molecular weight is 239 g/mol. The van der Waals surface area contributed by atoms with Gasteiger partial charge in [0.25, 0.3) is 0 Å². The number of amides is 1. The molecule has 1 amide bonds. The molecule has 1 aromatic rings. The molecule has 0 aromatic carbocycles. The summed E-state index contributed by atoms with van der Waals surface area (Å²) in [6.45, 7) is 6.51. The van der Waals surface area contributed by atoms with Crippen LogP contribution in [0.25, 0.3) is 0 Å². The normalized spacial score (nSPS) is 13.5. The summed E-state index contributed by atoms with van der Waals surface area (Å²) >= 11 is 0. The first-order chi connectivity index (χ1) is 7.80. The van der Waals surface area contributed by atoms with Gasteiger partial charge >= 0.3 is 0 Å². The topological polar surface area (TPSA) is 87.9 Å². The van der Waals surface area contributed by atoms with Gasteiger partial charge in [0.2, 0.25) is 5.91 Å². The molecule has 0 aliphatic heterocycles. The maximum atomic E-state index is 11.9. The van der Waals surface area contributed by atoms with Crippen LogP contribution in [0.1, 0.15) is 33.0 Å². The summed E-state index contributed by atoms with van der Waals surface area (Å²) in [5.41, 5.74) is 5.91. The average Bonchev–Trinajstić information content (AvgIpc) is 2.68. The van der Waals surface area contributed by atoms with E-state index < -0.39 is 0 Å². The highest BCUT2D eigenvalue weighted by Crippen LogP contribution is 2.20. The molecular formula is C11H21N5O. The molecule has 0 radical (unpaired) electrons. The van der Waals surface area contributed by atoms with Gasteiger partial charge in [-0.3, -0.25) is 9.89 Å². The first-order valence-corrected chi connectivity index (χ1v) is 5.64. The lowest BCUT2D eigenvalue weighted by Crippen LogP contribution is -2.40. The van der Waals surface area contributed by atoms with E-state index in [-0.39, 0.29) is 17.4 Å². The van der Waals surface area contributed by atoms with Crippen LogP contribution in [0.4, 0.5) is 0 Å². The summed E-state index contributed by atoms with van der Waals surface area (Å²) < 4.78 is 0. The van der Waals surface area contributed by atoms with Crippen LogP contribution in [0.15, 0.2) is 6.33 Å². The minimum absolute atomic E-state index is 0.0174. The summed E-state index contributed by atoms with van der Waals surface area (Å²) in [4.78, 5) is 17.5. The predicted octanol–water partition coefficient (Wildman–Crippen LogP) is 0.527. The van der Waals surface area contributed by atoms with Crippen LogP contribution >= 0.6 is 0 Å². The van der Waals surface area contributed by atoms with Crippen molar-refractivity contribution in [1.29, 1.82) is 0 Å². The van der Waals surface area contributed by atoms with E-state index in [9.17, 15) is 4.79 Å². The Kier molecular flexibility index (Phi) is 4.22. The van der Waals surface area contributed by atoms with Crippen molar-refractivity contribution in [2.24, 2.45) is 11.1 Å². The molecule has 1 heterocycles. The highest BCUT2D eigenvalue weighted by atomic mass is 16.2. The summed E-state index contributed by atoms with van der Waals surface area (Å²) in [5, 5.41) is 6.46. The van der Waals surface area contributed by atoms with Gasteiger partial charge in [-0.1, -0.05) is 20.8 Å². The van der Waals surface area contributed by atoms with Crippen LogP contribution < -0.4 is 5.73 Å². The number of nitrogens with zero attached hydrogens (tertiary/aromatic N) is 3. The number of aromatic amines is 1. The molecule has 6 heteroatoms. The minimum atomic E-state index is -0.146. The molecular weight excluding hydrogens is 218 g/mol. The minimum Gasteiger partial charge on any atom is -0.338 e. The number of carbonyl (C=O) groups excluding carboxylic acids is 1. The zero-order chi connectivity index (χ0) is 13.1. The first-order valence-electron chi connectivity index (χ1n) is 5.64. The van der Waals surface area contributed by atoms with Gasteiger partial charge in [-0.05, 0) is 5.41 Å². The third kappa shape index (κ3) is 4.14. The molecule has 96 valence electrons. The third-order valence-corrected chi connectivity index (χ3v) is 2.78. The maximum absolute atomic E-state index is 11.9. The Morgan fingerprint density at radius 2 is 2.24 bits per heavy atom. The predicted molar refractivity (Wildman–Crippen MR) is 64.9 cm³/mol. The maximum Gasteiger partial charge on any atom is 0.224 e. The molecule has 0 bridgehead atoms. The summed E-state index contributed by atoms with van der Waals surface area (Å²) in [6.07, 6.45) is 1.77. The zero-order valence-corrected chi connectivity index (χ0v) is 10.9. The number of hydrogen-bond acceptors (Lipinski definition) is 4. The molecule has 6 nitrogen and oxygen atoms in total. The SMILES string of the molecule is CN(Cc1ncn[nH]1)C(=O)CC(N)C(C)(C)C. The molecule has 0 aliphatic carbocycles. The van der Waals surface area contributed by atoms with E-state index in [0.29, 0.717) is 18.8 Å². The summed E-state index contributed by atoms with van der Waals surface area (Å²) in [7, 11) is 1.74. The number of nitrogens with two attached hydrogens (primary N) is 1. The molecule has 1 unspecified atom stereocenters. The van der Waals surface area contributed by atoms with Crippen molar-refractivity contribution in [3.05, 3.63) is 12.2 Å². The highest BCUT2D eigenvalue weighted by molar-refractivity contribution is 5.76. The number of hydrogen-bond donors (Lipinski definition) is 2. The lowest BCUT2D eigenvalue weighted by Gasteiger charge is -2.28. The molecule has 3 N–H and O–H groups in total. The molecule has 1 atom stereocenters. The second kappa shape index (κ2) is 5.27. The zero-order valence-electron chi connectivity index (χ0n) is 10.9. The van der Waals surface area contributed by atoms with Gasteiger partial charge in [-0.25, -0.2) is 4.98 Å². The smallest absolute Gasteiger partial charge is 0.224 e. The van der Waals surface area contributed by atoms with Crippen molar-refractivity contribution in [3.8, 4) is 0 Å². The van der Waals surface area contributed by atoms with Crippen LogP contribution in [0, 0.1) is 5.41 Å². The van der Waals surface area contributed by atoms with Crippen molar-refractivity contribution in [3.63, 3.8) is 0 Å².